The molecular formula is C23H30N2O2. The molecular weight excluding hydrogens is 336 g/mol. The molecule has 1 fully saturated rings. The molecule has 1 heterocycles. The number of piperidine rings is 1. The highest BCUT2D eigenvalue weighted by molar-refractivity contribution is 5.81. The molecule has 1 atom stereocenters. The zero-order chi connectivity index (χ0) is 19.1. The first-order valence-corrected chi connectivity index (χ1v) is 9.92. The zero-order valence-corrected chi connectivity index (χ0v) is 15.9. The van der Waals surface area contributed by atoms with Gasteiger partial charge in [0.1, 0.15) is 6.04 Å². The lowest BCUT2D eigenvalue weighted by atomic mass is 9.89. The van der Waals surface area contributed by atoms with E-state index in [1.807, 2.05) is 0 Å². The van der Waals surface area contributed by atoms with Crippen molar-refractivity contribution < 1.29 is 9.90 Å². The second-order valence-corrected chi connectivity index (χ2v) is 7.56. The van der Waals surface area contributed by atoms with Crippen molar-refractivity contribution in [3.05, 3.63) is 71.3 Å². The summed E-state index contributed by atoms with van der Waals surface area (Å²) in [6.07, 6.45) is 5.20. The largest absolute Gasteiger partial charge is 0.394 e. The third-order valence-corrected chi connectivity index (χ3v) is 5.53. The molecule has 3 rings (SSSR count). The minimum Gasteiger partial charge on any atom is -0.394 e. The SMILES string of the molecule is NC(CO)C(=O)N1CCC(Cc2ccc(CCc3ccccc3)cc2)CC1. The van der Waals surface area contributed by atoms with Crippen molar-refractivity contribution >= 4 is 5.91 Å². The molecule has 1 aliphatic heterocycles. The molecule has 0 radical (unpaired) electrons. The van der Waals surface area contributed by atoms with Gasteiger partial charge in [-0.15, -0.1) is 0 Å². The topological polar surface area (TPSA) is 66.6 Å². The van der Waals surface area contributed by atoms with Gasteiger partial charge in [0.25, 0.3) is 0 Å². The van der Waals surface area contributed by atoms with Crippen LogP contribution in [-0.4, -0.2) is 41.7 Å². The number of rotatable bonds is 7. The average molecular weight is 367 g/mol. The third-order valence-electron chi connectivity index (χ3n) is 5.53. The number of benzene rings is 2. The van der Waals surface area contributed by atoms with Crippen molar-refractivity contribution in [3.8, 4) is 0 Å². The predicted octanol–water partition coefficient (Wildman–Crippen LogP) is 2.57. The Morgan fingerprint density at radius 1 is 0.963 bits per heavy atom. The highest BCUT2D eigenvalue weighted by Gasteiger charge is 2.25. The molecule has 0 spiro atoms. The summed E-state index contributed by atoms with van der Waals surface area (Å²) >= 11 is 0. The number of aliphatic hydroxyl groups is 1. The normalized spacial score (nSPS) is 16.3. The predicted molar refractivity (Wildman–Crippen MR) is 108 cm³/mol. The fourth-order valence-electron chi connectivity index (χ4n) is 3.78. The van der Waals surface area contributed by atoms with Gasteiger partial charge in [0.15, 0.2) is 0 Å². The number of hydrogen-bond donors (Lipinski definition) is 2. The summed E-state index contributed by atoms with van der Waals surface area (Å²) < 4.78 is 0. The lowest BCUT2D eigenvalue weighted by molar-refractivity contribution is -0.134. The number of hydrogen-bond acceptors (Lipinski definition) is 3. The smallest absolute Gasteiger partial charge is 0.241 e. The van der Waals surface area contributed by atoms with E-state index in [4.69, 9.17) is 10.8 Å². The van der Waals surface area contributed by atoms with Crippen LogP contribution in [0.4, 0.5) is 0 Å². The number of likely N-dealkylation sites (tertiary alicyclic amines) is 1. The van der Waals surface area contributed by atoms with Gasteiger partial charge in [-0.25, -0.2) is 0 Å². The van der Waals surface area contributed by atoms with Crippen LogP contribution in [0.15, 0.2) is 54.6 Å². The Morgan fingerprint density at radius 3 is 2.11 bits per heavy atom. The average Bonchev–Trinajstić information content (AvgIpc) is 2.73. The molecule has 27 heavy (non-hydrogen) atoms. The second-order valence-electron chi connectivity index (χ2n) is 7.56. The Balaban J connectivity index is 1.44. The zero-order valence-electron chi connectivity index (χ0n) is 15.9. The molecule has 2 aromatic rings. The van der Waals surface area contributed by atoms with Crippen molar-refractivity contribution in [2.45, 2.75) is 38.1 Å². The summed E-state index contributed by atoms with van der Waals surface area (Å²) in [6.45, 7) is 1.20. The van der Waals surface area contributed by atoms with Gasteiger partial charge in [-0.3, -0.25) is 4.79 Å². The minimum atomic E-state index is -0.773. The Morgan fingerprint density at radius 2 is 1.52 bits per heavy atom. The van der Waals surface area contributed by atoms with Crippen LogP contribution in [0.5, 0.6) is 0 Å². The number of carbonyl (C=O) groups is 1. The summed E-state index contributed by atoms with van der Waals surface area (Å²) in [6, 6.07) is 18.8. The first-order chi connectivity index (χ1) is 13.2. The number of carbonyl (C=O) groups excluding carboxylic acids is 1. The number of aliphatic hydroxyl groups excluding tert-OH is 1. The maximum Gasteiger partial charge on any atom is 0.241 e. The van der Waals surface area contributed by atoms with E-state index in [2.05, 4.69) is 54.6 Å². The minimum absolute atomic E-state index is 0.126. The van der Waals surface area contributed by atoms with E-state index in [0.29, 0.717) is 5.92 Å². The number of nitrogens with two attached hydrogens (primary N) is 1. The molecule has 3 N–H and O–H groups in total. The van der Waals surface area contributed by atoms with Gasteiger partial charge in [-0.1, -0.05) is 54.6 Å². The number of aryl methyl sites for hydroxylation is 2. The lowest BCUT2D eigenvalue weighted by Crippen LogP contribution is -2.48. The molecule has 1 unspecified atom stereocenters. The summed E-state index contributed by atoms with van der Waals surface area (Å²) in [5, 5.41) is 9.04. The summed E-state index contributed by atoms with van der Waals surface area (Å²) in [7, 11) is 0. The van der Waals surface area contributed by atoms with Crippen LogP contribution >= 0.6 is 0 Å². The van der Waals surface area contributed by atoms with E-state index in [1.165, 1.54) is 16.7 Å². The van der Waals surface area contributed by atoms with Gasteiger partial charge in [0.05, 0.1) is 6.61 Å². The molecule has 144 valence electrons. The highest BCUT2D eigenvalue weighted by atomic mass is 16.3. The molecule has 0 saturated carbocycles. The fourth-order valence-corrected chi connectivity index (χ4v) is 3.78. The Labute approximate surface area is 162 Å². The quantitative estimate of drug-likeness (QED) is 0.791. The first kappa shape index (κ1) is 19.6. The van der Waals surface area contributed by atoms with Crippen LogP contribution in [0.25, 0.3) is 0 Å². The van der Waals surface area contributed by atoms with Gasteiger partial charge in [0.2, 0.25) is 5.91 Å². The van der Waals surface area contributed by atoms with Crippen LogP contribution in [0.3, 0.4) is 0 Å². The number of amides is 1. The fraction of sp³-hybridized carbons (Fsp3) is 0.435. The van der Waals surface area contributed by atoms with Gasteiger partial charge in [0, 0.05) is 13.1 Å². The third kappa shape index (κ3) is 5.65. The van der Waals surface area contributed by atoms with Crippen LogP contribution in [0.1, 0.15) is 29.5 Å². The van der Waals surface area contributed by atoms with Crippen LogP contribution < -0.4 is 5.73 Å². The molecule has 0 bridgehead atoms. The van der Waals surface area contributed by atoms with Crippen molar-refractivity contribution in [1.82, 2.24) is 4.90 Å². The van der Waals surface area contributed by atoms with E-state index < -0.39 is 6.04 Å². The van der Waals surface area contributed by atoms with E-state index >= 15 is 0 Å². The first-order valence-electron chi connectivity index (χ1n) is 9.92. The standard InChI is InChI=1S/C23H30N2O2/c24-22(17-26)23(27)25-14-12-21(13-15-25)16-20-10-8-19(9-11-20)7-6-18-4-2-1-3-5-18/h1-5,8-11,21-22,26H,6-7,12-17,24H2. The molecule has 1 amide bonds. The van der Waals surface area contributed by atoms with Crippen molar-refractivity contribution in [3.63, 3.8) is 0 Å². The van der Waals surface area contributed by atoms with Gasteiger partial charge in [-0.2, -0.15) is 0 Å². The van der Waals surface area contributed by atoms with Gasteiger partial charge in [-0.05, 0) is 54.7 Å². The lowest BCUT2D eigenvalue weighted by Gasteiger charge is -2.33. The van der Waals surface area contributed by atoms with Gasteiger partial charge < -0.3 is 15.7 Å². The van der Waals surface area contributed by atoms with Crippen molar-refractivity contribution in [2.24, 2.45) is 11.7 Å². The van der Waals surface area contributed by atoms with Crippen molar-refractivity contribution in [2.75, 3.05) is 19.7 Å². The summed E-state index contributed by atoms with van der Waals surface area (Å²) in [5.74, 6) is 0.480. The highest BCUT2D eigenvalue weighted by Crippen LogP contribution is 2.22. The van der Waals surface area contributed by atoms with Gasteiger partial charge >= 0.3 is 0 Å². The van der Waals surface area contributed by atoms with E-state index in [-0.39, 0.29) is 12.5 Å². The summed E-state index contributed by atoms with van der Waals surface area (Å²) in [5.41, 5.74) is 9.77. The molecule has 2 aromatic carbocycles. The maximum atomic E-state index is 12.0. The van der Waals surface area contributed by atoms with E-state index in [0.717, 1.165) is 45.2 Å². The number of nitrogens with zero attached hydrogens (tertiary/aromatic N) is 1. The Bertz CT molecular complexity index is 707. The monoisotopic (exact) mass is 366 g/mol. The second kappa shape index (κ2) is 9.67. The Hall–Kier alpha value is -2.17. The van der Waals surface area contributed by atoms with E-state index in [9.17, 15) is 4.79 Å². The van der Waals surface area contributed by atoms with Crippen LogP contribution in [0.2, 0.25) is 0 Å². The molecule has 1 aliphatic rings. The van der Waals surface area contributed by atoms with E-state index in [1.54, 1.807) is 4.90 Å². The molecule has 1 saturated heterocycles. The van der Waals surface area contributed by atoms with Crippen LogP contribution in [0, 0.1) is 5.92 Å². The molecule has 4 nitrogen and oxygen atoms in total. The summed E-state index contributed by atoms with van der Waals surface area (Å²) in [4.78, 5) is 13.8. The van der Waals surface area contributed by atoms with Crippen molar-refractivity contribution in [1.29, 1.82) is 0 Å². The van der Waals surface area contributed by atoms with Crippen LogP contribution in [-0.2, 0) is 24.1 Å². The molecule has 0 aliphatic carbocycles. The maximum absolute atomic E-state index is 12.0. The Kier molecular flexibility index (Phi) is 7.02. The molecule has 4 heteroatoms. The molecule has 0 aromatic heterocycles.